The van der Waals surface area contributed by atoms with Gasteiger partial charge in [0.2, 0.25) is 0 Å². The summed E-state index contributed by atoms with van der Waals surface area (Å²) < 4.78 is 0. The SMILES string of the molecule is Cc1cc(C)nc(Sc2ncccc2[N+](=O)[O-])n1. The normalized spacial score (nSPS) is 10.3. The highest BCUT2D eigenvalue weighted by molar-refractivity contribution is 7.99. The van der Waals surface area contributed by atoms with Gasteiger partial charge in [-0.25, -0.2) is 15.0 Å². The molecule has 92 valence electrons. The highest BCUT2D eigenvalue weighted by atomic mass is 32.2. The zero-order chi connectivity index (χ0) is 13.1. The molecule has 6 nitrogen and oxygen atoms in total. The van der Waals surface area contributed by atoms with Crippen LogP contribution in [-0.4, -0.2) is 19.9 Å². The largest absolute Gasteiger partial charge is 0.301 e. The molecule has 0 aromatic carbocycles. The van der Waals surface area contributed by atoms with Gasteiger partial charge in [-0.1, -0.05) is 0 Å². The average molecular weight is 262 g/mol. The van der Waals surface area contributed by atoms with Gasteiger partial charge in [0.1, 0.15) is 0 Å². The van der Waals surface area contributed by atoms with Crippen molar-refractivity contribution >= 4 is 17.4 Å². The first-order valence-electron chi connectivity index (χ1n) is 5.16. The van der Waals surface area contributed by atoms with Gasteiger partial charge >= 0.3 is 5.69 Å². The molecular formula is C11H10N4O2S. The highest BCUT2D eigenvalue weighted by Gasteiger charge is 2.16. The molecule has 2 aromatic rings. The minimum Gasteiger partial charge on any atom is -0.258 e. The summed E-state index contributed by atoms with van der Waals surface area (Å²) in [7, 11) is 0. The number of hydrogen-bond donors (Lipinski definition) is 0. The molecule has 0 saturated carbocycles. The standard InChI is InChI=1S/C11H10N4O2S/c1-7-6-8(2)14-11(13-7)18-10-9(15(16)17)4-3-5-12-10/h3-6H,1-2H3. The van der Waals surface area contributed by atoms with Gasteiger partial charge in [-0.15, -0.1) is 0 Å². The number of aryl methyl sites for hydroxylation is 2. The first-order chi connectivity index (χ1) is 8.56. The summed E-state index contributed by atoms with van der Waals surface area (Å²) in [4.78, 5) is 22.8. The monoisotopic (exact) mass is 262 g/mol. The van der Waals surface area contributed by atoms with E-state index < -0.39 is 4.92 Å². The molecule has 0 bridgehead atoms. The Hall–Kier alpha value is -2.02. The Morgan fingerprint density at radius 3 is 2.56 bits per heavy atom. The van der Waals surface area contributed by atoms with E-state index in [2.05, 4.69) is 15.0 Å². The van der Waals surface area contributed by atoms with E-state index in [1.165, 1.54) is 18.3 Å². The molecule has 0 aliphatic heterocycles. The molecule has 0 aliphatic rings. The van der Waals surface area contributed by atoms with Gasteiger partial charge in [0.15, 0.2) is 10.2 Å². The predicted octanol–water partition coefficient (Wildman–Crippen LogP) is 2.55. The Labute approximate surface area is 108 Å². The molecule has 2 heterocycles. The van der Waals surface area contributed by atoms with Gasteiger partial charge in [-0.05, 0) is 37.7 Å². The number of hydrogen-bond acceptors (Lipinski definition) is 6. The summed E-state index contributed by atoms with van der Waals surface area (Å²) in [5.41, 5.74) is 1.61. The lowest BCUT2D eigenvalue weighted by molar-refractivity contribution is -0.388. The van der Waals surface area contributed by atoms with Crippen LogP contribution in [0.3, 0.4) is 0 Å². The van der Waals surface area contributed by atoms with Crippen molar-refractivity contribution in [1.29, 1.82) is 0 Å². The number of pyridine rings is 1. The molecule has 0 fully saturated rings. The fourth-order valence-corrected chi connectivity index (χ4v) is 2.34. The second-order valence-corrected chi connectivity index (χ2v) is 4.58. The average Bonchev–Trinajstić information content (AvgIpc) is 2.27. The van der Waals surface area contributed by atoms with Crippen molar-refractivity contribution in [2.45, 2.75) is 24.0 Å². The van der Waals surface area contributed by atoms with E-state index in [1.54, 1.807) is 0 Å². The van der Waals surface area contributed by atoms with Crippen LogP contribution in [0.5, 0.6) is 0 Å². The molecular weight excluding hydrogens is 252 g/mol. The lowest BCUT2D eigenvalue weighted by Gasteiger charge is -2.02. The van der Waals surface area contributed by atoms with E-state index in [0.29, 0.717) is 10.2 Å². The molecule has 0 spiro atoms. The summed E-state index contributed by atoms with van der Waals surface area (Å²) in [5, 5.41) is 11.6. The van der Waals surface area contributed by atoms with Crippen LogP contribution >= 0.6 is 11.8 Å². The second-order valence-electron chi connectivity index (χ2n) is 3.62. The Bertz CT molecular complexity index is 583. The molecule has 0 amide bonds. The molecule has 0 aliphatic carbocycles. The molecule has 2 rings (SSSR count). The fourth-order valence-electron chi connectivity index (χ4n) is 1.43. The van der Waals surface area contributed by atoms with Gasteiger partial charge in [0.25, 0.3) is 0 Å². The fraction of sp³-hybridized carbons (Fsp3) is 0.182. The van der Waals surface area contributed by atoms with Gasteiger partial charge in [0.05, 0.1) is 4.92 Å². The first-order valence-corrected chi connectivity index (χ1v) is 5.97. The van der Waals surface area contributed by atoms with Crippen molar-refractivity contribution < 1.29 is 4.92 Å². The second kappa shape index (κ2) is 5.09. The maximum atomic E-state index is 10.9. The molecule has 0 N–H and O–H groups in total. The maximum Gasteiger partial charge on any atom is 0.301 e. The Balaban J connectivity index is 2.37. The molecule has 0 saturated heterocycles. The lowest BCUT2D eigenvalue weighted by atomic mass is 10.4. The number of aromatic nitrogens is 3. The zero-order valence-electron chi connectivity index (χ0n) is 9.82. The maximum absolute atomic E-state index is 10.9. The van der Waals surface area contributed by atoms with Crippen LogP contribution < -0.4 is 0 Å². The number of nitrogens with zero attached hydrogens (tertiary/aromatic N) is 4. The first kappa shape index (κ1) is 12.4. The minimum atomic E-state index is -0.460. The van der Waals surface area contributed by atoms with Gasteiger partial charge in [0, 0.05) is 23.7 Å². The molecule has 0 radical (unpaired) electrons. The number of rotatable bonds is 3. The van der Waals surface area contributed by atoms with Crippen molar-refractivity contribution in [3.8, 4) is 0 Å². The van der Waals surface area contributed by atoms with E-state index >= 15 is 0 Å². The van der Waals surface area contributed by atoms with Crippen molar-refractivity contribution in [2.24, 2.45) is 0 Å². The van der Waals surface area contributed by atoms with Crippen LogP contribution in [0.15, 0.2) is 34.6 Å². The smallest absolute Gasteiger partial charge is 0.258 e. The van der Waals surface area contributed by atoms with Crippen LogP contribution in [0, 0.1) is 24.0 Å². The van der Waals surface area contributed by atoms with Crippen LogP contribution in [0.4, 0.5) is 5.69 Å². The van der Waals surface area contributed by atoms with Crippen molar-refractivity contribution in [2.75, 3.05) is 0 Å². The third-order valence-electron chi connectivity index (χ3n) is 2.10. The van der Waals surface area contributed by atoms with Gasteiger partial charge in [-0.2, -0.15) is 0 Å². The van der Waals surface area contributed by atoms with Crippen LogP contribution in [0.25, 0.3) is 0 Å². The quantitative estimate of drug-likeness (QED) is 0.480. The van der Waals surface area contributed by atoms with Crippen molar-refractivity contribution in [3.05, 3.63) is 45.9 Å². The molecule has 2 aromatic heterocycles. The van der Waals surface area contributed by atoms with E-state index in [-0.39, 0.29) is 5.69 Å². The molecule has 18 heavy (non-hydrogen) atoms. The van der Waals surface area contributed by atoms with Crippen molar-refractivity contribution in [3.63, 3.8) is 0 Å². The summed E-state index contributed by atoms with van der Waals surface area (Å²) >= 11 is 1.10. The van der Waals surface area contributed by atoms with Crippen molar-refractivity contribution in [1.82, 2.24) is 15.0 Å². The van der Waals surface area contributed by atoms with E-state index in [1.807, 2.05) is 19.9 Å². The Morgan fingerprint density at radius 2 is 1.94 bits per heavy atom. The predicted molar refractivity (Wildman–Crippen MR) is 66.5 cm³/mol. The summed E-state index contributed by atoms with van der Waals surface area (Å²) in [6.45, 7) is 3.71. The molecule has 0 unspecified atom stereocenters. The van der Waals surface area contributed by atoms with E-state index in [0.717, 1.165) is 23.1 Å². The zero-order valence-corrected chi connectivity index (χ0v) is 10.6. The third-order valence-corrected chi connectivity index (χ3v) is 2.97. The van der Waals surface area contributed by atoms with E-state index in [9.17, 15) is 10.1 Å². The summed E-state index contributed by atoms with van der Waals surface area (Å²) in [6.07, 6.45) is 1.51. The van der Waals surface area contributed by atoms with Crippen LogP contribution in [-0.2, 0) is 0 Å². The van der Waals surface area contributed by atoms with Gasteiger partial charge < -0.3 is 0 Å². The highest BCUT2D eigenvalue weighted by Crippen LogP contribution is 2.30. The lowest BCUT2D eigenvalue weighted by Crippen LogP contribution is -1.96. The Kier molecular flexibility index (Phi) is 3.52. The third kappa shape index (κ3) is 2.80. The van der Waals surface area contributed by atoms with Crippen LogP contribution in [0.1, 0.15) is 11.4 Å². The topological polar surface area (TPSA) is 81.8 Å². The number of nitro groups is 1. The molecule has 0 atom stereocenters. The summed E-state index contributed by atoms with van der Waals surface area (Å²) in [6, 6.07) is 4.79. The minimum absolute atomic E-state index is 0.0368. The summed E-state index contributed by atoms with van der Waals surface area (Å²) in [5.74, 6) is 0. The van der Waals surface area contributed by atoms with E-state index in [4.69, 9.17) is 0 Å². The van der Waals surface area contributed by atoms with Crippen LogP contribution in [0.2, 0.25) is 0 Å². The Morgan fingerprint density at radius 1 is 1.28 bits per heavy atom. The van der Waals surface area contributed by atoms with Gasteiger partial charge in [-0.3, -0.25) is 10.1 Å². The molecule has 7 heteroatoms.